The summed E-state index contributed by atoms with van der Waals surface area (Å²) in [6.45, 7) is 0. The fourth-order valence-electron chi connectivity index (χ4n) is 0.953. The molecule has 0 N–H and O–H groups in total. The maximum Gasteiger partial charge on any atom is 0.574 e. The van der Waals surface area contributed by atoms with Crippen LogP contribution in [0.2, 0.25) is 0 Å². The molecule has 0 saturated heterocycles. The number of nitrogens with zero attached hydrogens (tertiary/aromatic N) is 1. The third-order valence-corrected chi connectivity index (χ3v) is 2.47. The molecule has 1 heterocycles. The standard InChI is InChI=1S/C8H5F5INO2/c1-16-4-2-3(5(9)10)6(14)15-7(4)17-8(11,12)13/h2,5H,1H3. The third kappa shape index (κ3) is 3.82. The fraction of sp³-hybridized carbons (Fsp3) is 0.375. The summed E-state index contributed by atoms with van der Waals surface area (Å²) in [5, 5.41) is 0. The normalized spacial score (nSPS) is 11.8. The largest absolute Gasteiger partial charge is 0.574 e. The van der Waals surface area contributed by atoms with E-state index in [0.29, 0.717) is 0 Å². The number of aromatic nitrogens is 1. The predicted molar refractivity (Wildman–Crippen MR) is 55.1 cm³/mol. The molecule has 9 heteroatoms. The van der Waals surface area contributed by atoms with Crippen LogP contribution in [0, 0.1) is 3.70 Å². The monoisotopic (exact) mass is 369 g/mol. The smallest absolute Gasteiger partial charge is 0.491 e. The minimum Gasteiger partial charge on any atom is -0.491 e. The van der Waals surface area contributed by atoms with Gasteiger partial charge in [0.2, 0.25) is 0 Å². The molecule has 0 aromatic carbocycles. The lowest BCUT2D eigenvalue weighted by Gasteiger charge is -2.13. The maximum absolute atomic E-state index is 12.5. The minimum absolute atomic E-state index is 0.280. The van der Waals surface area contributed by atoms with Gasteiger partial charge in [-0.1, -0.05) is 0 Å². The van der Waals surface area contributed by atoms with Gasteiger partial charge in [-0.25, -0.2) is 13.8 Å². The van der Waals surface area contributed by atoms with E-state index in [1.165, 1.54) is 22.6 Å². The Morgan fingerprint density at radius 2 is 1.94 bits per heavy atom. The minimum atomic E-state index is -4.96. The summed E-state index contributed by atoms with van der Waals surface area (Å²) in [7, 11) is 1.03. The van der Waals surface area contributed by atoms with Crippen molar-refractivity contribution in [1.29, 1.82) is 0 Å². The molecule has 0 radical (unpaired) electrons. The molecule has 3 nitrogen and oxygen atoms in total. The van der Waals surface area contributed by atoms with Crippen LogP contribution < -0.4 is 9.47 Å². The van der Waals surface area contributed by atoms with E-state index >= 15 is 0 Å². The average Bonchev–Trinajstić information content (AvgIpc) is 2.14. The highest BCUT2D eigenvalue weighted by Crippen LogP contribution is 2.35. The molecular formula is C8H5F5INO2. The Labute approximate surface area is 106 Å². The highest BCUT2D eigenvalue weighted by molar-refractivity contribution is 14.1. The predicted octanol–water partition coefficient (Wildman–Crippen LogP) is 3.53. The molecule has 17 heavy (non-hydrogen) atoms. The van der Waals surface area contributed by atoms with Gasteiger partial charge in [0, 0.05) is 0 Å². The van der Waals surface area contributed by atoms with Gasteiger partial charge in [-0.2, -0.15) is 0 Å². The highest BCUT2D eigenvalue weighted by atomic mass is 127. The van der Waals surface area contributed by atoms with E-state index in [4.69, 9.17) is 0 Å². The Morgan fingerprint density at radius 3 is 2.35 bits per heavy atom. The van der Waals surface area contributed by atoms with Crippen LogP contribution in [0.4, 0.5) is 22.0 Å². The summed E-state index contributed by atoms with van der Waals surface area (Å²) in [6, 6.07) is 0.764. The first kappa shape index (κ1) is 14.2. The van der Waals surface area contributed by atoms with Crippen LogP contribution in [-0.4, -0.2) is 18.5 Å². The molecule has 96 valence electrons. The third-order valence-electron chi connectivity index (χ3n) is 1.60. The van der Waals surface area contributed by atoms with E-state index in [9.17, 15) is 22.0 Å². The zero-order valence-electron chi connectivity index (χ0n) is 8.19. The number of hydrogen-bond acceptors (Lipinski definition) is 3. The zero-order chi connectivity index (χ0) is 13.2. The van der Waals surface area contributed by atoms with Crippen molar-refractivity contribution in [3.05, 3.63) is 15.3 Å². The number of halogens is 6. The molecule has 0 amide bonds. The van der Waals surface area contributed by atoms with Gasteiger partial charge in [0.15, 0.2) is 5.75 Å². The van der Waals surface area contributed by atoms with Gasteiger partial charge in [0.25, 0.3) is 12.3 Å². The molecule has 0 saturated carbocycles. The lowest BCUT2D eigenvalue weighted by atomic mass is 10.3. The van der Waals surface area contributed by atoms with Crippen molar-refractivity contribution in [3.63, 3.8) is 0 Å². The average molecular weight is 369 g/mol. The van der Waals surface area contributed by atoms with Gasteiger partial charge in [-0.3, -0.25) is 0 Å². The van der Waals surface area contributed by atoms with Crippen LogP contribution in [0.1, 0.15) is 12.0 Å². The SMILES string of the molecule is COc1cc(C(F)F)c(I)nc1OC(F)(F)F. The lowest BCUT2D eigenvalue weighted by Crippen LogP contribution is -2.19. The molecule has 1 aromatic heterocycles. The zero-order valence-corrected chi connectivity index (χ0v) is 10.3. The summed E-state index contributed by atoms with van der Waals surface area (Å²) < 4.78 is 68.6. The molecule has 0 spiro atoms. The first-order valence-electron chi connectivity index (χ1n) is 4.03. The molecule has 1 aromatic rings. The van der Waals surface area contributed by atoms with Crippen LogP contribution in [0.25, 0.3) is 0 Å². The number of rotatable bonds is 3. The second-order valence-corrected chi connectivity index (χ2v) is 3.75. The molecule has 0 bridgehead atoms. The highest BCUT2D eigenvalue weighted by Gasteiger charge is 2.34. The summed E-state index contributed by atoms with van der Waals surface area (Å²) in [5.74, 6) is -1.40. The molecular weight excluding hydrogens is 364 g/mol. The summed E-state index contributed by atoms with van der Waals surface area (Å²) in [5.41, 5.74) is -0.517. The van der Waals surface area contributed by atoms with E-state index in [1.54, 1.807) is 0 Å². The van der Waals surface area contributed by atoms with Gasteiger partial charge in [-0.15, -0.1) is 13.2 Å². The first-order valence-corrected chi connectivity index (χ1v) is 5.10. The second-order valence-electron chi connectivity index (χ2n) is 2.72. The van der Waals surface area contributed by atoms with Gasteiger partial charge in [0.05, 0.1) is 12.7 Å². The number of hydrogen-bond donors (Lipinski definition) is 0. The summed E-state index contributed by atoms with van der Waals surface area (Å²) in [4.78, 5) is 3.29. The first-order chi connectivity index (χ1) is 7.74. The lowest BCUT2D eigenvalue weighted by molar-refractivity contribution is -0.276. The van der Waals surface area contributed by atoms with E-state index in [1.807, 2.05) is 0 Å². The van der Waals surface area contributed by atoms with Crippen molar-refractivity contribution < 1.29 is 31.4 Å². The van der Waals surface area contributed by atoms with Crippen LogP contribution in [0.15, 0.2) is 6.07 Å². The van der Waals surface area contributed by atoms with E-state index in [2.05, 4.69) is 14.5 Å². The Hall–Kier alpha value is -0.870. The van der Waals surface area contributed by atoms with Crippen molar-refractivity contribution in [2.75, 3.05) is 7.11 Å². The number of alkyl halides is 5. The fourth-order valence-corrected chi connectivity index (χ4v) is 1.56. The Balaban J connectivity index is 3.19. The van der Waals surface area contributed by atoms with Crippen LogP contribution in [0.3, 0.4) is 0 Å². The maximum atomic E-state index is 12.5. The molecule has 0 fully saturated rings. The molecule has 0 unspecified atom stereocenters. The van der Waals surface area contributed by atoms with Gasteiger partial charge >= 0.3 is 6.36 Å². The van der Waals surface area contributed by atoms with E-state index in [0.717, 1.165) is 13.2 Å². The molecule has 0 aliphatic carbocycles. The summed E-state index contributed by atoms with van der Waals surface area (Å²) >= 11 is 1.39. The van der Waals surface area contributed by atoms with Crippen molar-refractivity contribution in [2.45, 2.75) is 12.8 Å². The van der Waals surface area contributed by atoms with Crippen LogP contribution in [-0.2, 0) is 0 Å². The Bertz CT molecular complexity index is 410. The van der Waals surface area contributed by atoms with Crippen molar-refractivity contribution in [1.82, 2.24) is 4.98 Å². The van der Waals surface area contributed by atoms with E-state index < -0.39 is 30.0 Å². The summed E-state index contributed by atoms with van der Waals surface area (Å²) in [6.07, 6.45) is -7.82. The van der Waals surface area contributed by atoms with Gasteiger partial charge in [-0.05, 0) is 28.7 Å². The number of methoxy groups -OCH3 is 1. The number of pyridine rings is 1. The Kier molecular flexibility index (Phi) is 4.33. The second kappa shape index (κ2) is 5.19. The van der Waals surface area contributed by atoms with Crippen molar-refractivity contribution >= 4 is 22.6 Å². The van der Waals surface area contributed by atoms with Crippen molar-refractivity contribution in [2.24, 2.45) is 0 Å². The molecule has 0 atom stereocenters. The van der Waals surface area contributed by atoms with Crippen LogP contribution in [0.5, 0.6) is 11.6 Å². The molecule has 0 aliphatic rings. The molecule has 1 rings (SSSR count). The Morgan fingerprint density at radius 1 is 1.35 bits per heavy atom. The van der Waals surface area contributed by atoms with Gasteiger partial charge in [0.1, 0.15) is 3.70 Å². The topological polar surface area (TPSA) is 31.4 Å². The van der Waals surface area contributed by atoms with Crippen LogP contribution >= 0.6 is 22.6 Å². The number of ether oxygens (including phenoxy) is 2. The quantitative estimate of drug-likeness (QED) is 0.464. The van der Waals surface area contributed by atoms with E-state index in [-0.39, 0.29) is 3.70 Å². The van der Waals surface area contributed by atoms with Gasteiger partial charge < -0.3 is 9.47 Å². The van der Waals surface area contributed by atoms with Crippen molar-refractivity contribution in [3.8, 4) is 11.6 Å². The molecule has 0 aliphatic heterocycles.